The smallest absolute Gasteiger partial charge is 0.168 e. The molecule has 0 fully saturated rings. The lowest BCUT2D eigenvalue weighted by molar-refractivity contribution is 0.627. The molecule has 0 amide bonds. The predicted octanol–water partition coefficient (Wildman–Crippen LogP) is 3.03. The largest absolute Gasteiger partial charge is 0.389 e. The first-order valence-corrected chi connectivity index (χ1v) is 9.47. The van der Waals surface area contributed by atoms with Gasteiger partial charge in [0.15, 0.2) is 5.65 Å². The van der Waals surface area contributed by atoms with Gasteiger partial charge in [-0.25, -0.2) is 19.0 Å². The van der Waals surface area contributed by atoms with E-state index in [0.717, 1.165) is 40.3 Å². The SMILES string of the molecule is N#Cc1c(N)sc2c1CCN(c1ncnc3c1cnn3-c1ccc(F)cc1)C2. The van der Waals surface area contributed by atoms with Gasteiger partial charge in [0.25, 0.3) is 0 Å². The number of nitrogen functional groups attached to an aromatic ring is 1. The van der Waals surface area contributed by atoms with Crippen LogP contribution in [-0.4, -0.2) is 26.3 Å². The molecule has 5 rings (SSSR count). The molecule has 28 heavy (non-hydrogen) atoms. The van der Waals surface area contributed by atoms with Crippen molar-refractivity contribution < 1.29 is 4.39 Å². The lowest BCUT2D eigenvalue weighted by atomic mass is 10.0. The molecule has 4 heterocycles. The quantitative estimate of drug-likeness (QED) is 0.564. The van der Waals surface area contributed by atoms with Crippen LogP contribution in [0.4, 0.5) is 15.2 Å². The Bertz CT molecular complexity index is 1240. The molecule has 0 unspecified atom stereocenters. The van der Waals surface area contributed by atoms with Gasteiger partial charge in [0, 0.05) is 11.4 Å². The Morgan fingerprint density at radius 1 is 1.21 bits per heavy atom. The van der Waals surface area contributed by atoms with Crippen molar-refractivity contribution in [3.63, 3.8) is 0 Å². The molecule has 3 aromatic heterocycles. The third kappa shape index (κ3) is 2.50. The van der Waals surface area contributed by atoms with Crippen LogP contribution in [0.25, 0.3) is 16.7 Å². The van der Waals surface area contributed by atoms with Crippen LogP contribution in [0.1, 0.15) is 16.0 Å². The van der Waals surface area contributed by atoms with E-state index < -0.39 is 0 Å². The van der Waals surface area contributed by atoms with E-state index in [1.54, 1.807) is 23.0 Å². The van der Waals surface area contributed by atoms with Crippen molar-refractivity contribution in [2.45, 2.75) is 13.0 Å². The fourth-order valence-corrected chi connectivity index (χ4v) is 4.67. The molecule has 1 aliphatic rings. The maximum Gasteiger partial charge on any atom is 0.168 e. The number of nitrogens with two attached hydrogens (primary N) is 1. The predicted molar refractivity (Wildman–Crippen MR) is 105 cm³/mol. The highest BCUT2D eigenvalue weighted by atomic mass is 32.1. The summed E-state index contributed by atoms with van der Waals surface area (Å²) in [5, 5.41) is 15.1. The van der Waals surface area contributed by atoms with Crippen LogP contribution in [0.3, 0.4) is 0 Å². The Morgan fingerprint density at radius 2 is 2.04 bits per heavy atom. The van der Waals surface area contributed by atoms with E-state index in [1.807, 2.05) is 0 Å². The third-order valence-corrected chi connectivity index (χ3v) is 5.96. The van der Waals surface area contributed by atoms with Gasteiger partial charge in [-0.3, -0.25) is 0 Å². The van der Waals surface area contributed by atoms with Crippen LogP contribution in [-0.2, 0) is 13.0 Å². The zero-order valence-corrected chi connectivity index (χ0v) is 15.4. The van der Waals surface area contributed by atoms with Gasteiger partial charge in [-0.2, -0.15) is 10.4 Å². The number of hydrogen-bond acceptors (Lipinski definition) is 7. The van der Waals surface area contributed by atoms with Crippen molar-refractivity contribution in [3.8, 4) is 11.8 Å². The fourth-order valence-electron chi connectivity index (χ4n) is 3.58. The second kappa shape index (κ2) is 6.28. The Morgan fingerprint density at radius 3 is 2.82 bits per heavy atom. The lowest BCUT2D eigenvalue weighted by Gasteiger charge is -2.28. The van der Waals surface area contributed by atoms with E-state index in [4.69, 9.17) is 5.73 Å². The molecule has 0 atom stereocenters. The van der Waals surface area contributed by atoms with E-state index in [0.29, 0.717) is 22.8 Å². The summed E-state index contributed by atoms with van der Waals surface area (Å²) < 4.78 is 14.9. The number of fused-ring (bicyclic) bond motifs is 2. The number of rotatable bonds is 2. The molecule has 1 aromatic carbocycles. The van der Waals surface area contributed by atoms with Crippen LogP contribution in [0, 0.1) is 17.1 Å². The van der Waals surface area contributed by atoms with E-state index in [-0.39, 0.29) is 5.82 Å². The number of nitrogens with zero attached hydrogens (tertiary/aromatic N) is 6. The Kier molecular flexibility index (Phi) is 3.74. The maximum atomic E-state index is 13.2. The van der Waals surface area contributed by atoms with Gasteiger partial charge in [-0.05, 0) is 36.2 Å². The first kappa shape index (κ1) is 16.6. The number of thiophene rings is 1. The van der Waals surface area contributed by atoms with Crippen molar-refractivity contribution >= 4 is 33.2 Å². The van der Waals surface area contributed by atoms with Crippen LogP contribution in [0.15, 0.2) is 36.8 Å². The van der Waals surface area contributed by atoms with Crippen molar-refractivity contribution in [3.05, 3.63) is 58.6 Å². The molecular formula is C19H14FN7S. The number of anilines is 2. The molecule has 138 valence electrons. The van der Waals surface area contributed by atoms with Crippen LogP contribution >= 0.6 is 11.3 Å². The summed E-state index contributed by atoms with van der Waals surface area (Å²) in [5.74, 6) is 0.487. The molecule has 0 aliphatic carbocycles. The second-order valence-electron chi connectivity index (χ2n) is 6.49. The highest BCUT2D eigenvalue weighted by Crippen LogP contribution is 2.36. The van der Waals surface area contributed by atoms with Crippen molar-refractivity contribution in [2.75, 3.05) is 17.2 Å². The molecule has 2 N–H and O–H groups in total. The van der Waals surface area contributed by atoms with Crippen molar-refractivity contribution in [1.82, 2.24) is 19.7 Å². The highest BCUT2D eigenvalue weighted by molar-refractivity contribution is 7.16. The topological polar surface area (TPSA) is 96.7 Å². The monoisotopic (exact) mass is 391 g/mol. The fraction of sp³-hybridized carbons (Fsp3) is 0.158. The maximum absolute atomic E-state index is 13.2. The summed E-state index contributed by atoms with van der Waals surface area (Å²) in [7, 11) is 0. The van der Waals surface area contributed by atoms with E-state index in [1.165, 1.54) is 29.8 Å². The van der Waals surface area contributed by atoms with E-state index >= 15 is 0 Å². The third-order valence-electron chi connectivity index (χ3n) is 4.91. The number of hydrogen-bond donors (Lipinski definition) is 1. The minimum Gasteiger partial charge on any atom is -0.389 e. The average Bonchev–Trinajstić information content (AvgIpc) is 3.28. The van der Waals surface area contributed by atoms with Crippen molar-refractivity contribution in [2.24, 2.45) is 0 Å². The average molecular weight is 391 g/mol. The summed E-state index contributed by atoms with van der Waals surface area (Å²) in [6.07, 6.45) is 3.98. The van der Waals surface area contributed by atoms with Crippen LogP contribution in [0.5, 0.6) is 0 Å². The van der Waals surface area contributed by atoms with Gasteiger partial charge in [-0.15, -0.1) is 11.3 Å². The Labute approximate surface area is 163 Å². The summed E-state index contributed by atoms with van der Waals surface area (Å²) in [6, 6.07) is 8.32. The molecule has 0 radical (unpaired) electrons. The molecule has 9 heteroatoms. The first-order valence-electron chi connectivity index (χ1n) is 8.65. The standard InChI is InChI=1S/C19H14FN7S/c20-11-1-3-12(4-2-11)27-19-15(8-25-27)18(23-10-24-19)26-6-5-13-14(7-21)17(22)28-16(13)9-26/h1-4,8,10H,5-6,9,22H2. The second-order valence-corrected chi connectivity index (χ2v) is 7.63. The van der Waals surface area contributed by atoms with Crippen molar-refractivity contribution in [1.29, 1.82) is 5.26 Å². The molecule has 0 saturated heterocycles. The summed E-state index contributed by atoms with van der Waals surface area (Å²) in [4.78, 5) is 12.1. The van der Waals surface area contributed by atoms with Crippen LogP contribution < -0.4 is 10.6 Å². The van der Waals surface area contributed by atoms with Gasteiger partial charge in [0.2, 0.25) is 0 Å². The number of benzene rings is 1. The summed E-state index contributed by atoms with van der Waals surface area (Å²) in [5.41, 5.74) is 9.04. The first-order chi connectivity index (χ1) is 13.7. The molecule has 0 saturated carbocycles. The highest BCUT2D eigenvalue weighted by Gasteiger charge is 2.26. The lowest BCUT2D eigenvalue weighted by Crippen LogP contribution is -2.30. The number of aromatic nitrogens is 4. The van der Waals surface area contributed by atoms with Gasteiger partial charge in [-0.1, -0.05) is 0 Å². The van der Waals surface area contributed by atoms with E-state index in [9.17, 15) is 9.65 Å². The summed E-state index contributed by atoms with van der Waals surface area (Å²) >= 11 is 1.46. The molecule has 4 aromatic rings. The number of halogens is 1. The zero-order valence-electron chi connectivity index (χ0n) is 14.6. The minimum absolute atomic E-state index is 0.299. The number of nitriles is 1. The van der Waals surface area contributed by atoms with Gasteiger partial charge >= 0.3 is 0 Å². The molecule has 7 nitrogen and oxygen atoms in total. The molecule has 1 aliphatic heterocycles. The normalized spacial score (nSPS) is 13.5. The van der Waals surface area contributed by atoms with Crippen LogP contribution in [0.2, 0.25) is 0 Å². The molecule has 0 bridgehead atoms. The molecular weight excluding hydrogens is 377 g/mol. The minimum atomic E-state index is -0.299. The zero-order chi connectivity index (χ0) is 19.3. The van der Waals surface area contributed by atoms with Gasteiger partial charge < -0.3 is 10.6 Å². The van der Waals surface area contributed by atoms with Gasteiger partial charge in [0.1, 0.15) is 29.0 Å². The Balaban J connectivity index is 1.55. The Hall–Kier alpha value is -3.51. The summed E-state index contributed by atoms with van der Waals surface area (Å²) in [6.45, 7) is 1.37. The van der Waals surface area contributed by atoms with E-state index in [2.05, 4.69) is 26.0 Å². The molecule has 0 spiro atoms. The van der Waals surface area contributed by atoms with Gasteiger partial charge in [0.05, 0.1) is 29.4 Å².